The van der Waals surface area contributed by atoms with Gasteiger partial charge in [0.15, 0.2) is 0 Å². The van der Waals surface area contributed by atoms with Gasteiger partial charge in [-0.05, 0) is 45.6 Å². The van der Waals surface area contributed by atoms with Gasteiger partial charge in [-0.25, -0.2) is 9.37 Å². The van der Waals surface area contributed by atoms with E-state index >= 15 is 0 Å². The second-order valence-corrected chi connectivity index (χ2v) is 6.22. The van der Waals surface area contributed by atoms with E-state index in [0.717, 1.165) is 16.7 Å². The van der Waals surface area contributed by atoms with Crippen LogP contribution in [0, 0.1) is 12.7 Å². The number of hydrogen-bond acceptors (Lipinski definition) is 4. The molecule has 0 bridgehead atoms. The Hall–Kier alpha value is -2.47. The standard InChI is InChI=1S/C19H16BrFN2O2/c1-12-14(13-6-4-3-5-7-13)8-9-17(21)15(12)11-25-19-22-10-16(20)18(23-19)24-2/h3-10H,11H2,1-2H3. The van der Waals surface area contributed by atoms with Crippen LogP contribution < -0.4 is 9.47 Å². The van der Waals surface area contributed by atoms with Crippen molar-refractivity contribution in [1.29, 1.82) is 0 Å². The van der Waals surface area contributed by atoms with Gasteiger partial charge in [0.25, 0.3) is 0 Å². The Morgan fingerprint density at radius 2 is 1.88 bits per heavy atom. The lowest BCUT2D eigenvalue weighted by Gasteiger charge is -2.13. The van der Waals surface area contributed by atoms with Crippen molar-refractivity contribution in [1.82, 2.24) is 9.97 Å². The molecule has 0 aliphatic heterocycles. The third-order valence-electron chi connectivity index (χ3n) is 3.85. The van der Waals surface area contributed by atoms with Gasteiger partial charge in [-0.1, -0.05) is 36.4 Å². The van der Waals surface area contributed by atoms with Crippen molar-refractivity contribution in [3.63, 3.8) is 0 Å². The van der Waals surface area contributed by atoms with E-state index in [1.807, 2.05) is 37.3 Å². The van der Waals surface area contributed by atoms with Crippen molar-refractivity contribution in [2.24, 2.45) is 0 Å². The Morgan fingerprint density at radius 1 is 1.12 bits per heavy atom. The van der Waals surface area contributed by atoms with Crippen molar-refractivity contribution >= 4 is 15.9 Å². The number of rotatable bonds is 5. The molecule has 0 spiro atoms. The first-order chi connectivity index (χ1) is 12.1. The highest BCUT2D eigenvalue weighted by molar-refractivity contribution is 9.10. The SMILES string of the molecule is COc1nc(OCc2c(F)ccc(-c3ccccc3)c2C)ncc1Br. The summed E-state index contributed by atoms with van der Waals surface area (Å²) in [6.07, 6.45) is 1.53. The van der Waals surface area contributed by atoms with Crippen LogP contribution in [0.25, 0.3) is 11.1 Å². The molecule has 6 heteroatoms. The summed E-state index contributed by atoms with van der Waals surface area (Å²) in [6, 6.07) is 13.2. The summed E-state index contributed by atoms with van der Waals surface area (Å²) in [6.45, 7) is 1.91. The number of benzene rings is 2. The zero-order valence-electron chi connectivity index (χ0n) is 13.8. The monoisotopic (exact) mass is 402 g/mol. The molecule has 0 N–H and O–H groups in total. The first-order valence-corrected chi connectivity index (χ1v) is 8.42. The largest absolute Gasteiger partial charge is 0.480 e. The summed E-state index contributed by atoms with van der Waals surface area (Å²) in [5, 5.41) is 0. The predicted octanol–water partition coefficient (Wildman–Crippen LogP) is 4.94. The molecule has 0 unspecified atom stereocenters. The minimum atomic E-state index is -0.318. The first-order valence-electron chi connectivity index (χ1n) is 7.63. The summed E-state index contributed by atoms with van der Waals surface area (Å²) in [5.41, 5.74) is 3.31. The normalized spacial score (nSPS) is 10.6. The number of hydrogen-bond donors (Lipinski definition) is 0. The van der Waals surface area contributed by atoms with Gasteiger partial charge in [-0.15, -0.1) is 0 Å². The lowest BCUT2D eigenvalue weighted by atomic mass is 9.96. The minimum Gasteiger partial charge on any atom is -0.480 e. The van der Waals surface area contributed by atoms with E-state index in [0.29, 0.717) is 15.9 Å². The quantitative estimate of drug-likeness (QED) is 0.605. The van der Waals surface area contributed by atoms with Crippen LogP contribution in [0.5, 0.6) is 11.9 Å². The molecule has 1 aromatic heterocycles. The van der Waals surface area contributed by atoms with Gasteiger partial charge in [0.2, 0.25) is 5.88 Å². The van der Waals surface area contributed by atoms with E-state index in [-0.39, 0.29) is 18.4 Å². The number of aromatic nitrogens is 2. The molecule has 0 aliphatic rings. The minimum absolute atomic E-state index is 0.0309. The third-order valence-corrected chi connectivity index (χ3v) is 4.40. The maximum atomic E-state index is 14.3. The van der Waals surface area contributed by atoms with Gasteiger partial charge in [0.1, 0.15) is 12.4 Å². The average Bonchev–Trinajstić information content (AvgIpc) is 2.63. The lowest BCUT2D eigenvalue weighted by Crippen LogP contribution is -2.05. The van der Waals surface area contributed by atoms with Crippen molar-refractivity contribution in [3.05, 3.63) is 70.1 Å². The van der Waals surface area contributed by atoms with Crippen LogP contribution in [0.1, 0.15) is 11.1 Å². The van der Waals surface area contributed by atoms with Crippen LogP contribution in [-0.2, 0) is 6.61 Å². The fourth-order valence-corrected chi connectivity index (χ4v) is 2.87. The highest BCUT2D eigenvalue weighted by Gasteiger charge is 2.13. The van der Waals surface area contributed by atoms with E-state index in [9.17, 15) is 4.39 Å². The number of nitrogens with zero attached hydrogens (tertiary/aromatic N) is 2. The molecule has 2 aromatic carbocycles. The summed E-state index contributed by atoms with van der Waals surface area (Å²) in [7, 11) is 1.50. The van der Waals surface area contributed by atoms with Gasteiger partial charge in [0.05, 0.1) is 17.8 Å². The highest BCUT2D eigenvalue weighted by Crippen LogP contribution is 2.28. The van der Waals surface area contributed by atoms with E-state index < -0.39 is 0 Å². The maximum Gasteiger partial charge on any atom is 0.320 e. The van der Waals surface area contributed by atoms with Gasteiger partial charge in [-0.2, -0.15) is 4.98 Å². The molecule has 3 rings (SSSR count). The Morgan fingerprint density at radius 3 is 2.60 bits per heavy atom. The summed E-state index contributed by atoms with van der Waals surface area (Å²) in [4.78, 5) is 8.18. The summed E-state index contributed by atoms with van der Waals surface area (Å²) in [5.74, 6) is 0.0430. The van der Waals surface area contributed by atoms with Crippen LogP contribution in [0.2, 0.25) is 0 Å². The molecular formula is C19H16BrFN2O2. The van der Waals surface area contributed by atoms with Crippen molar-refractivity contribution in [3.8, 4) is 23.0 Å². The zero-order chi connectivity index (χ0) is 17.8. The molecule has 0 fully saturated rings. The topological polar surface area (TPSA) is 44.2 Å². The lowest BCUT2D eigenvalue weighted by molar-refractivity contribution is 0.268. The molecule has 0 radical (unpaired) electrons. The van der Waals surface area contributed by atoms with Crippen LogP contribution >= 0.6 is 15.9 Å². The van der Waals surface area contributed by atoms with Crippen LogP contribution in [0.15, 0.2) is 53.1 Å². The second kappa shape index (κ2) is 7.61. The fourth-order valence-electron chi connectivity index (χ4n) is 2.52. The Balaban J connectivity index is 1.88. The van der Waals surface area contributed by atoms with Crippen LogP contribution in [-0.4, -0.2) is 17.1 Å². The van der Waals surface area contributed by atoms with E-state index in [4.69, 9.17) is 9.47 Å². The summed E-state index contributed by atoms with van der Waals surface area (Å²) < 4.78 is 25.6. The van der Waals surface area contributed by atoms with E-state index in [2.05, 4.69) is 25.9 Å². The van der Waals surface area contributed by atoms with Crippen molar-refractivity contribution in [2.45, 2.75) is 13.5 Å². The average molecular weight is 403 g/mol. The van der Waals surface area contributed by atoms with Crippen LogP contribution in [0.3, 0.4) is 0 Å². The Kier molecular flexibility index (Phi) is 5.28. The van der Waals surface area contributed by atoms with Gasteiger partial charge in [-0.3, -0.25) is 0 Å². The third kappa shape index (κ3) is 3.79. The molecule has 25 heavy (non-hydrogen) atoms. The molecule has 128 valence electrons. The van der Waals surface area contributed by atoms with Gasteiger partial charge >= 0.3 is 6.01 Å². The molecule has 0 saturated heterocycles. The number of ether oxygens (including phenoxy) is 2. The molecule has 3 aromatic rings. The first kappa shape index (κ1) is 17.4. The molecule has 1 heterocycles. The molecule has 4 nitrogen and oxygen atoms in total. The van der Waals surface area contributed by atoms with Gasteiger partial charge < -0.3 is 9.47 Å². The van der Waals surface area contributed by atoms with Crippen molar-refractivity contribution in [2.75, 3.05) is 7.11 Å². The van der Waals surface area contributed by atoms with Gasteiger partial charge in [0, 0.05) is 5.56 Å². The smallest absolute Gasteiger partial charge is 0.320 e. The van der Waals surface area contributed by atoms with Crippen LogP contribution in [0.4, 0.5) is 4.39 Å². The molecule has 0 saturated carbocycles. The fraction of sp³-hybridized carbons (Fsp3) is 0.158. The Labute approximate surface area is 153 Å². The molecular weight excluding hydrogens is 387 g/mol. The zero-order valence-corrected chi connectivity index (χ0v) is 15.4. The molecule has 0 amide bonds. The van der Waals surface area contributed by atoms with Crippen molar-refractivity contribution < 1.29 is 13.9 Å². The number of methoxy groups -OCH3 is 1. The summed E-state index contributed by atoms with van der Waals surface area (Å²) >= 11 is 3.28. The van der Waals surface area contributed by atoms with E-state index in [1.165, 1.54) is 19.4 Å². The number of halogens is 2. The highest BCUT2D eigenvalue weighted by atomic mass is 79.9. The second-order valence-electron chi connectivity index (χ2n) is 5.36. The molecule has 0 aliphatic carbocycles. The predicted molar refractivity (Wildman–Crippen MR) is 97.2 cm³/mol. The Bertz CT molecular complexity index is 888. The maximum absolute atomic E-state index is 14.3. The van der Waals surface area contributed by atoms with E-state index in [1.54, 1.807) is 6.07 Å². The molecule has 0 atom stereocenters.